The third-order valence-electron chi connectivity index (χ3n) is 2.45. The number of nitrogens with zero attached hydrogens (tertiary/aromatic N) is 4. The summed E-state index contributed by atoms with van der Waals surface area (Å²) in [7, 11) is 1.85. The van der Waals surface area contributed by atoms with Crippen molar-refractivity contribution in [3.63, 3.8) is 0 Å². The van der Waals surface area contributed by atoms with Gasteiger partial charge in [0.1, 0.15) is 6.54 Å². The second-order valence-electron chi connectivity index (χ2n) is 3.67. The van der Waals surface area contributed by atoms with Crippen LogP contribution in [0.25, 0.3) is 0 Å². The molecule has 0 bridgehead atoms. The molecule has 6 nitrogen and oxygen atoms in total. The van der Waals surface area contributed by atoms with Crippen molar-refractivity contribution in [2.24, 2.45) is 0 Å². The average molecular weight is 209 g/mol. The van der Waals surface area contributed by atoms with Gasteiger partial charge in [-0.1, -0.05) is 5.21 Å². The second-order valence-corrected chi connectivity index (χ2v) is 3.67. The molecule has 1 aliphatic rings. The minimum Gasteiger partial charge on any atom is -0.341 e. The smallest absolute Gasteiger partial charge is 0.244 e. The highest BCUT2D eigenvalue weighted by atomic mass is 16.2. The van der Waals surface area contributed by atoms with Gasteiger partial charge in [-0.15, -0.1) is 5.10 Å². The van der Waals surface area contributed by atoms with Gasteiger partial charge in [0, 0.05) is 19.6 Å². The summed E-state index contributed by atoms with van der Waals surface area (Å²) < 4.78 is 1.59. The van der Waals surface area contributed by atoms with Gasteiger partial charge in [0.15, 0.2) is 0 Å². The number of carbonyl (C=O) groups excluding carboxylic acids is 1. The zero-order valence-corrected chi connectivity index (χ0v) is 8.81. The lowest BCUT2D eigenvalue weighted by atomic mass is 10.2. The van der Waals surface area contributed by atoms with Gasteiger partial charge >= 0.3 is 0 Å². The third-order valence-corrected chi connectivity index (χ3v) is 2.45. The first-order valence-corrected chi connectivity index (χ1v) is 5.11. The van der Waals surface area contributed by atoms with E-state index in [9.17, 15) is 4.79 Å². The summed E-state index contributed by atoms with van der Waals surface area (Å²) in [6.07, 6.45) is 2.92. The number of carbonyl (C=O) groups is 1. The molecule has 0 saturated carbocycles. The summed E-state index contributed by atoms with van der Waals surface area (Å²) in [5.41, 5.74) is 0.855. The highest BCUT2D eigenvalue weighted by molar-refractivity contribution is 5.76. The van der Waals surface area contributed by atoms with Crippen LogP contribution in [-0.4, -0.2) is 45.9 Å². The first kappa shape index (κ1) is 10.1. The summed E-state index contributed by atoms with van der Waals surface area (Å²) in [6, 6.07) is 0. The number of aromatic nitrogens is 3. The maximum Gasteiger partial charge on any atom is 0.244 e. The highest BCUT2D eigenvalue weighted by Gasteiger charge is 2.20. The molecule has 15 heavy (non-hydrogen) atoms. The van der Waals surface area contributed by atoms with E-state index in [2.05, 4.69) is 15.6 Å². The molecule has 0 aliphatic carbocycles. The Labute approximate surface area is 88.2 Å². The molecule has 1 aliphatic heterocycles. The predicted molar refractivity (Wildman–Crippen MR) is 54.0 cm³/mol. The van der Waals surface area contributed by atoms with Crippen molar-refractivity contribution in [2.75, 3.05) is 20.1 Å². The molecule has 0 aromatic carbocycles. The molecule has 1 aromatic heterocycles. The fraction of sp³-hybridized carbons (Fsp3) is 0.667. The molecule has 1 fully saturated rings. The largest absolute Gasteiger partial charge is 0.341 e. The fourth-order valence-corrected chi connectivity index (χ4v) is 1.48. The summed E-state index contributed by atoms with van der Waals surface area (Å²) in [5.74, 6) is 0.127. The van der Waals surface area contributed by atoms with E-state index in [1.54, 1.807) is 10.9 Å². The van der Waals surface area contributed by atoms with E-state index >= 15 is 0 Å². The number of likely N-dealkylation sites (tertiary alicyclic amines) is 1. The molecule has 0 unspecified atom stereocenters. The van der Waals surface area contributed by atoms with Crippen LogP contribution in [0.2, 0.25) is 0 Å². The van der Waals surface area contributed by atoms with Crippen LogP contribution in [0.15, 0.2) is 6.20 Å². The second kappa shape index (κ2) is 4.39. The van der Waals surface area contributed by atoms with Crippen molar-refractivity contribution in [1.29, 1.82) is 0 Å². The van der Waals surface area contributed by atoms with Gasteiger partial charge in [0.2, 0.25) is 5.91 Å². The van der Waals surface area contributed by atoms with E-state index in [0.29, 0.717) is 13.1 Å². The van der Waals surface area contributed by atoms with Crippen molar-refractivity contribution in [1.82, 2.24) is 25.2 Å². The van der Waals surface area contributed by atoms with E-state index in [4.69, 9.17) is 0 Å². The quantitative estimate of drug-likeness (QED) is 0.707. The molecular formula is C9H15N5O. The monoisotopic (exact) mass is 209 g/mol. The molecule has 2 rings (SSSR count). The summed E-state index contributed by atoms with van der Waals surface area (Å²) >= 11 is 0. The van der Waals surface area contributed by atoms with Crippen molar-refractivity contribution >= 4 is 5.91 Å². The van der Waals surface area contributed by atoms with E-state index in [1.807, 2.05) is 11.9 Å². The summed E-state index contributed by atoms with van der Waals surface area (Å²) in [5, 5.41) is 10.8. The van der Waals surface area contributed by atoms with Crippen molar-refractivity contribution < 1.29 is 4.79 Å². The molecule has 0 atom stereocenters. The molecule has 0 radical (unpaired) electrons. The molecule has 82 valence electrons. The van der Waals surface area contributed by atoms with E-state index < -0.39 is 0 Å². The lowest BCUT2D eigenvalue weighted by Crippen LogP contribution is -2.43. The number of hydrogen-bond donors (Lipinski definition) is 1. The number of amides is 1. The minimum atomic E-state index is 0.127. The van der Waals surface area contributed by atoms with Crippen LogP contribution in [0.4, 0.5) is 0 Å². The zero-order chi connectivity index (χ0) is 10.7. The van der Waals surface area contributed by atoms with Crippen LogP contribution in [-0.2, 0) is 17.9 Å². The Morgan fingerprint density at radius 2 is 2.40 bits per heavy atom. The Balaban J connectivity index is 1.89. The van der Waals surface area contributed by atoms with Gasteiger partial charge in [-0.2, -0.15) is 0 Å². The Kier molecular flexibility index (Phi) is 2.96. The standard InChI is InChI=1S/C9H15N5O/c1-10-5-8-6-14(12-11-8)7-9(15)13-3-2-4-13/h6,10H,2-5,7H2,1H3. The van der Waals surface area contributed by atoms with Crippen LogP contribution < -0.4 is 5.32 Å². The van der Waals surface area contributed by atoms with Crippen molar-refractivity contribution in [2.45, 2.75) is 19.5 Å². The van der Waals surface area contributed by atoms with Gasteiger partial charge in [-0.05, 0) is 13.5 Å². The van der Waals surface area contributed by atoms with Crippen LogP contribution in [0.3, 0.4) is 0 Å². The summed E-state index contributed by atoms with van der Waals surface area (Å²) in [4.78, 5) is 13.4. The van der Waals surface area contributed by atoms with E-state index in [-0.39, 0.29) is 5.91 Å². The maximum atomic E-state index is 11.6. The molecule has 1 saturated heterocycles. The van der Waals surface area contributed by atoms with Crippen molar-refractivity contribution in [3.05, 3.63) is 11.9 Å². The molecule has 2 heterocycles. The first-order chi connectivity index (χ1) is 7.29. The van der Waals surface area contributed by atoms with Crippen LogP contribution in [0.5, 0.6) is 0 Å². The molecule has 1 amide bonds. The van der Waals surface area contributed by atoms with Crippen LogP contribution in [0.1, 0.15) is 12.1 Å². The Morgan fingerprint density at radius 1 is 1.60 bits per heavy atom. The van der Waals surface area contributed by atoms with Gasteiger partial charge < -0.3 is 10.2 Å². The molecule has 0 spiro atoms. The number of rotatable bonds is 4. The third kappa shape index (κ3) is 2.33. The number of nitrogens with one attached hydrogen (secondary N) is 1. The van der Waals surface area contributed by atoms with Gasteiger partial charge in [0.05, 0.1) is 11.9 Å². The molecule has 6 heteroatoms. The normalized spacial score (nSPS) is 15.1. The molecule has 1 N–H and O–H groups in total. The Bertz CT molecular complexity index is 344. The lowest BCUT2D eigenvalue weighted by Gasteiger charge is -2.30. The fourth-order valence-electron chi connectivity index (χ4n) is 1.48. The van der Waals surface area contributed by atoms with E-state index in [1.165, 1.54) is 0 Å². The zero-order valence-electron chi connectivity index (χ0n) is 8.81. The number of hydrogen-bond acceptors (Lipinski definition) is 4. The van der Waals surface area contributed by atoms with Gasteiger partial charge in [0.25, 0.3) is 0 Å². The van der Waals surface area contributed by atoms with Crippen molar-refractivity contribution in [3.8, 4) is 0 Å². The van der Waals surface area contributed by atoms with E-state index in [0.717, 1.165) is 25.2 Å². The summed E-state index contributed by atoms with van der Waals surface area (Å²) in [6.45, 7) is 2.75. The van der Waals surface area contributed by atoms with Crippen LogP contribution in [0, 0.1) is 0 Å². The highest BCUT2D eigenvalue weighted by Crippen LogP contribution is 2.06. The molecule has 1 aromatic rings. The van der Waals surface area contributed by atoms with Gasteiger partial charge in [-0.3, -0.25) is 4.79 Å². The van der Waals surface area contributed by atoms with Gasteiger partial charge in [-0.25, -0.2) is 4.68 Å². The molecular weight excluding hydrogens is 194 g/mol. The minimum absolute atomic E-state index is 0.127. The predicted octanol–water partition coefficient (Wildman–Crippen LogP) is -0.770. The SMILES string of the molecule is CNCc1cn(CC(=O)N2CCC2)nn1. The topological polar surface area (TPSA) is 63.1 Å². The first-order valence-electron chi connectivity index (χ1n) is 5.11. The average Bonchev–Trinajstić information content (AvgIpc) is 2.49. The Hall–Kier alpha value is -1.43. The van der Waals surface area contributed by atoms with Crippen LogP contribution >= 0.6 is 0 Å². The lowest BCUT2D eigenvalue weighted by molar-refractivity contribution is -0.135. The maximum absolute atomic E-state index is 11.6. The Morgan fingerprint density at radius 3 is 3.00 bits per heavy atom.